The number of carbonyl (C=O) groups excluding carboxylic acids is 1. The molecule has 1 rings (SSSR count). The molecule has 0 aromatic carbocycles. The van der Waals surface area contributed by atoms with E-state index in [0.29, 0.717) is 6.07 Å². The minimum absolute atomic E-state index is 0.204. The van der Waals surface area contributed by atoms with Crippen molar-refractivity contribution in [2.75, 3.05) is 0 Å². The van der Waals surface area contributed by atoms with Gasteiger partial charge in [-0.2, -0.15) is 0 Å². The van der Waals surface area contributed by atoms with Crippen LogP contribution in [0.1, 0.15) is 28.0 Å². The van der Waals surface area contributed by atoms with Gasteiger partial charge in [0.15, 0.2) is 0 Å². The predicted molar refractivity (Wildman–Crippen MR) is 54.0 cm³/mol. The van der Waals surface area contributed by atoms with Gasteiger partial charge in [0.2, 0.25) is 5.88 Å². The van der Waals surface area contributed by atoms with Crippen molar-refractivity contribution in [1.29, 1.82) is 0 Å². The minimum atomic E-state index is -5.23. The van der Waals surface area contributed by atoms with Gasteiger partial charge in [0.1, 0.15) is 5.69 Å². The molecular formula is C9H6ClF5N2O2. The van der Waals surface area contributed by atoms with Crippen LogP contribution in [0.4, 0.5) is 22.0 Å². The van der Waals surface area contributed by atoms with E-state index in [4.69, 9.17) is 17.3 Å². The fraction of sp³-hybridized carbons (Fsp3) is 0.333. The van der Waals surface area contributed by atoms with E-state index in [9.17, 15) is 26.7 Å². The number of hydrogen-bond acceptors (Lipinski definition) is 4. The van der Waals surface area contributed by atoms with Crippen molar-refractivity contribution in [3.05, 3.63) is 22.9 Å². The van der Waals surface area contributed by atoms with Gasteiger partial charge >= 0.3 is 6.36 Å². The summed E-state index contributed by atoms with van der Waals surface area (Å²) < 4.78 is 64.7. The van der Waals surface area contributed by atoms with E-state index in [1.165, 1.54) is 0 Å². The highest BCUT2D eigenvalue weighted by Crippen LogP contribution is 2.33. The molecule has 0 unspecified atom stereocenters. The smallest absolute Gasteiger partial charge is 0.387 e. The average molecular weight is 305 g/mol. The van der Waals surface area contributed by atoms with Crippen molar-refractivity contribution in [3.63, 3.8) is 0 Å². The van der Waals surface area contributed by atoms with Gasteiger partial charge in [-0.05, 0) is 23.2 Å². The summed E-state index contributed by atoms with van der Waals surface area (Å²) in [5, 5.41) is -1.23. The second kappa shape index (κ2) is 5.66. The molecule has 0 aliphatic carbocycles. The summed E-state index contributed by atoms with van der Waals surface area (Å²) in [7, 11) is 0. The van der Waals surface area contributed by atoms with Gasteiger partial charge in [-0.1, -0.05) is 0 Å². The maximum atomic E-state index is 12.6. The Morgan fingerprint density at radius 3 is 2.42 bits per heavy atom. The van der Waals surface area contributed by atoms with Crippen LogP contribution < -0.4 is 10.5 Å². The lowest BCUT2D eigenvalue weighted by atomic mass is 10.1. The second-order valence-corrected chi connectivity index (χ2v) is 3.56. The molecule has 0 saturated heterocycles. The third-order valence-electron chi connectivity index (χ3n) is 1.95. The lowest BCUT2D eigenvalue weighted by molar-refractivity contribution is -0.276. The van der Waals surface area contributed by atoms with Gasteiger partial charge in [0, 0.05) is 6.54 Å². The van der Waals surface area contributed by atoms with Crippen molar-refractivity contribution in [2.45, 2.75) is 19.3 Å². The predicted octanol–water partition coefficient (Wildman–Crippen LogP) is 2.76. The highest BCUT2D eigenvalue weighted by Gasteiger charge is 2.35. The lowest BCUT2D eigenvalue weighted by Crippen LogP contribution is -2.20. The van der Waals surface area contributed by atoms with E-state index in [2.05, 4.69) is 9.72 Å². The number of carbonyl (C=O) groups is 1. The van der Waals surface area contributed by atoms with E-state index < -0.39 is 41.7 Å². The maximum Gasteiger partial charge on any atom is 0.574 e. The molecule has 106 valence electrons. The van der Waals surface area contributed by atoms with Crippen LogP contribution in [0.15, 0.2) is 6.07 Å². The summed E-state index contributed by atoms with van der Waals surface area (Å²) >= 11 is 5.08. The van der Waals surface area contributed by atoms with Gasteiger partial charge in [0.25, 0.3) is 11.7 Å². The SMILES string of the molecule is NCc1cc(C(F)F)c(OC(F)(F)F)nc1C(=O)Cl. The molecule has 0 radical (unpaired) electrons. The minimum Gasteiger partial charge on any atom is -0.387 e. The zero-order chi connectivity index (χ0) is 14.8. The number of nitrogens with zero attached hydrogens (tertiary/aromatic N) is 1. The van der Waals surface area contributed by atoms with Crippen LogP contribution in [0.5, 0.6) is 5.88 Å². The van der Waals surface area contributed by atoms with Crippen molar-refractivity contribution < 1.29 is 31.5 Å². The number of nitrogens with two attached hydrogens (primary N) is 1. The van der Waals surface area contributed by atoms with Gasteiger partial charge in [0.05, 0.1) is 5.56 Å². The quantitative estimate of drug-likeness (QED) is 0.686. The van der Waals surface area contributed by atoms with E-state index in [1.54, 1.807) is 0 Å². The van der Waals surface area contributed by atoms with Crippen molar-refractivity contribution in [2.24, 2.45) is 5.73 Å². The highest BCUT2D eigenvalue weighted by molar-refractivity contribution is 6.67. The summed E-state index contributed by atoms with van der Waals surface area (Å²) in [6.45, 7) is -0.396. The summed E-state index contributed by atoms with van der Waals surface area (Å²) in [6.07, 6.45) is -8.51. The van der Waals surface area contributed by atoms with Gasteiger partial charge < -0.3 is 10.5 Å². The van der Waals surface area contributed by atoms with Gasteiger partial charge in [-0.3, -0.25) is 4.79 Å². The molecule has 0 spiro atoms. The fourth-order valence-corrected chi connectivity index (χ4v) is 1.39. The molecule has 2 N–H and O–H groups in total. The van der Waals surface area contributed by atoms with Crippen LogP contribution in [-0.4, -0.2) is 16.6 Å². The van der Waals surface area contributed by atoms with E-state index in [1.807, 2.05) is 0 Å². The Bertz CT molecular complexity index is 492. The number of aromatic nitrogens is 1. The maximum absolute atomic E-state index is 12.6. The van der Waals surface area contributed by atoms with Crippen molar-refractivity contribution >= 4 is 16.8 Å². The van der Waals surface area contributed by atoms with Crippen molar-refractivity contribution in [3.8, 4) is 5.88 Å². The number of alkyl halides is 5. The van der Waals surface area contributed by atoms with E-state index in [0.717, 1.165) is 0 Å². The van der Waals surface area contributed by atoms with Crippen LogP contribution in [0.2, 0.25) is 0 Å². The van der Waals surface area contributed by atoms with Gasteiger partial charge in [-0.15, -0.1) is 13.2 Å². The monoisotopic (exact) mass is 304 g/mol. The molecular weight excluding hydrogens is 299 g/mol. The molecule has 1 aromatic rings. The largest absolute Gasteiger partial charge is 0.574 e. The molecule has 0 atom stereocenters. The molecule has 0 fully saturated rings. The normalized spacial score (nSPS) is 11.8. The first-order valence-corrected chi connectivity index (χ1v) is 5.01. The van der Waals surface area contributed by atoms with Crippen LogP contribution in [-0.2, 0) is 6.54 Å². The summed E-state index contributed by atoms with van der Waals surface area (Å²) in [4.78, 5) is 14.0. The molecule has 0 amide bonds. The molecule has 1 heterocycles. The Balaban J connectivity index is 3.41. The number of ether oxygens (including phenoxy) is 1. The molecule has 19 heavy (non-hydrogen) atoms. The Labute approximate surface area is 108 Å². The van der Waals surface area contributed by atoms with Gasteiger partial charge in [-0.25, -0.2) is 13.8 Å². The van der Waals surface area contributed by atoms with Crippen LogP contribution >= 0.6 is 11.6 Å². The second-order valence-electron chi connectivity index (χ2n) is 3.22. The Morgan fingerprint density at radius 2 is 2.05 bits per heavy atom. The van der Waals surface area contributed by atoms with Crippen LogP contribution in [0.3, 0.4) is 0 Å². The number of halogens is 6. The molecule has 0 saturated carbocycles. The third kappa shape index (κ3) is 4.00. The third-order valence-corrected chi connectivity index (χ3v) is 2.13. The fourth-order valence-electron chi connectivity index (χ4n) is 1.23. The Morgan fingerprint density at radius 1 is 1.47 bits per heavy atom. The van der Waals surface area contributed by atoms with E-state index in [-0.39, 0.29) is 5.56 Å². The van der Waals surface area contributed by atoms with E-state index >= 15 is 0 Å². The number of rotatable bonds is 4. The average Bonchev–Trinajstić information content (AvgIpc) is 2.25. The summed E-state index contributed by atoms with van der Waals surface area (Å²) in [5.74, 6) is -1.43. The first-order valence-electron chi connectivity index (χ1n) is 4.63. The molecule has 0 aliphatic rings. The van der Waals surface area contributed by atoms with Crippen LogP contribution in [0, 0.1) is 0 Å². The zero-order valence-corrected chi connectivity index (χ0v) is 9.73. The Kier molecular flexibility index (Phi) is 4.64. The summed E-state index contributed by atoms with van der Waals surface area (Å²) in [6, 6.07) is 0.606. The van der Waals surface area contributed by atoms with Crippen LogP contribution in [0.25, 0.3) is 0 Å². The van der Waals surface area contributed by atoms with Crippen molar-refractivity contribution in [1.82, 2.24) is 4.98 Å². The Hall–Kier alpha value is -1.48. The first kappa shape index (κ1) is 15.6. The molecule has 0 aliphatic heterocycles. The standard InChI is InChI=1S/C9H6ClF5N2O2/c10-6(18)5-3(2-16)1-4(7(11)12)8(17-5)19-9(13,14)15/h1,7H,2,16H2. The number of hydrogen-bond donors (Lipinski definition) is 1. The zero-order valence-electron chi connectivity index (χ0n) is 8.97. The molecule has 4 nitrogen and oxygen atoms in total. The lowest BCUT2D eigenvalue weighted by Gasteiger charge is -2.14. The molecule has 1 aromatic heterocycles. The molecule has 0 bridgehead atoms. The topological polar surface area (TPSA) is 65.2 Å². The molecule has 10 heteroatoms. The number of pyridine rings is 1. The highest BCUT2D eigenvalue weighted by atomic mass is 35.5. The first-order chi connectivity index (χ1) is 8.65. The summed E-state index contributed by atoms with van der Waals surface area (Å²) in [5.41, 5.74) is 3.19.